The van der Waals surface area contributed by atoms with Gasteiger partial charge < -0.3 is 19.9 Å². The summed E-state index contributed by atoms with van der Waals surface area (Å²) in [5.74, 6) is 0.995. The number of carbonyl (C=O) groups is 1. The zero-order valence-corrected chi connectivity index (χ0v) is 16.6. The lowest BCUT2D eigenvalue weighted by molar-refractivity contribution is 0.102. The number of fused-ring (bicyclic) bond motifs is 1. The van der Waals surface area contributed by atoms with Crippen LogP contribution in [0, 0.1) is 0 Å². The smallest absolute Gasteiger partial charge is 0.256 e. The number of aromatic amines is 1. The van der Waals surface area contributed by atoms with E-state index in [-0.39, 0.29) is 5.91 Å². The Kier molecular flexibility index (Phi) is 4.68. The van der Waals surface area contributed by atoms with Gasteiger partial charge in [0.2, 0.25) is 0 Å². The van der Waals surface area contributed by atoms with E-state index in [1.807, 2.05) is 61.6 Å². The van der Waals surface area contributed by atoms with Crippen LogP contribution >= 0.6 is 0 Å². The summed E-state index contributed by atoms with van der Waals surface area (Å²) in [5, 5.41) is 7.29. The van der Waals surface area contributed by atoms with Crippen LogP contribution in [0.3, 0.4) is 0 Å². The van der Waals surface area contributed by atoms with Gasteiger partial charge in [-0.3, -0.25) is 9.48 Å². The fourth-order valence-electron chi connectivity index (χ4n) is 3.66. The average molecular weight is 402 g/mol. The number of rotatable bonds is 4. The van der Waals surface area contributed by atoms with Crippen molar-refractivity contribution in [2.45, 2.75) is 0 Å². The van der Waals surface area contributed by atoms with E-state index in [2.05, 4.69) is 25.3 Å². The number of aryl methyl sites for hydroxylation is 1. The van der Waals surface area contributed by atoms with Crippen molar-refractivity contribution in [3.05, 3.63) is 60.2 Å². The molecule has 2 aromatic carbocycles. The third-order valence-corrected chi connectivity index (χ3v) is 5.26. The highest BCUT2D eigenvalue weighted by Crippen LogP contribution is 2.23. The van der Waals surface area contributed by atoms with Gasteiger partial charge >= 0.3 is 0 Å². The Hall–Kier alpha value is -3.65. The maximum atomic E-state index is 12.7. The van der Waals surface area contributed by atoms with Gasteiger partial charge in [-0.25, -0.2) is 4.98 Å². The SMILES string of the molecule is Cn1nc(NC(=O)c2ccc(N3CCOCC3)cc2)cc1-c1nc2ccccc2[nH]1. The molecule has 3 heterocycles. The zero-order chi connectivity index (χ0) is 20.5. The quantitative estimate of drug-likeness (QED) is 0.548. The molecule has 0 atom stereocenters. The molecule has 1 fully saturated rings. The molecule has 152 valence electrons. The van der Waals surface area contributed by atoms with Crippen molar-refractivity contribution in [1.29, 1.82) is 0 Å². The van der Waals surface area contributed by atoms with Crippen LogP contribution in [0.4, 0.5) is 11.5 Å². The number of ether oxygens (including phenoxy) is 1. The average Bonchev–Trinajstić information content (AvgIpc) is 3.37. The van der Waals surface area contributed by atoms with E-state index >= 15 is 0 Å². The second-order valence-corrected chi connectivity index (χ2v) is 7.24. The van der Waals surface area contributed by atoms with Crippen molar-refractivity contribution in [3.8, 4) is 11.5 Å². The molecule has 0 bridgehead atoms. The number of imidazole rings is 1. The summed E-state index contributed by atoms with van der Waals surface area (Å²) in [5.41, 5.74) is 4.33. The van der Waals surface area contributed by atoms with Gasteiger partial charge in [0, 0.05) is 37.5 Å². The van der Waals surface area contributed by atoms with Crippen LogP contribution < -0.4 is 10.2 Å². The van der Waals surface area contributed by atoms with Gasteiger partial charge in [0.15, 0.2) is 11.6 Å². The number of nitrogens with zero attached hydrogens (tertiary/aromatic N) is 4. The third kappa shape index (κ3) is 3.53. The first kappa shape index (κ1) is 18.4. The summed E-state index contributed by atoms with van der Waals surface area (Å²) >= 11 is 0. The summed E-state index contributed by atoms with van der Waals surface area (Å²) in [6.45, 7) is 3.19. The molecule has 8 heteroatoms. The molecular weight excluding hydrogens is 380 g/mol. The maximum Gasteiger partial charge on any atom is 0.256 e. The number of para-hydroxylation sites is 2. The lowest BCUT2D eigenvalue weighted by Crippen LogP contribution is -2.36. The van der Waals surface area contributed by atoms with Crippen molar-refractivity contribution in [1.82, 2.24) is 19.7 Å². The molecule has 0 spiro atoms. The van der Waals surface area contributed by atoms with E-state index in [4.69, 9.17) is 4.74 Å². The van der Waals surface area contributed by atoms with Crippen LogP contribution in [-0.2, 0) is 11.8 Å². The molecule has 8 nitrogen and oxygen atoms in total. The topological polar surface area (TPSA) is 88.1 Å². The van der Waals surface area contributed by atoms with Crippen LogP contribution in [0.15, 0.2) is 54.6 Å². The lowest BCUT2D eigenvalue weighted by Gasteiger charge is -2.28. The van der Waals surface area contributed by atoms with Crippen LogP contribution in [-0.4, -0.2) is 52.0 Å². The van der Waals surface area contributed by atoms with E-state index in [0.717, 1.165) is 48.7 Å². The van der Waals surface area contributed by atoms with Gasteiger partial charge in [-0.05, 0) is 36.4 Å². The second-order valence-electron chi connectivity index (χ2n) is 7.24. The predicted molar refractivity (Wildman–Crippen MR) is 116 cm³/mol. The molecule has 1 amide bonds. The Balaban J connectivity index is 1.32. The first-order chi connectivity index (χ1) is 14.7. The summed E-state index contributed by atoms with van der Waals surface area (Å²) in [4.78, 5) is 22.8. The highest BCUT2D eigenvalue weighted by Gasteiger charge is 2.15. The van der Waals surface area contributed by atoms with E-state index in [1.165, 1.54) is 0 Å². The fraction of sp³-hybridized carbons (Fsp3) is 0.227. The minimum absolute atomic E-state index is 0.196. The van der Waals surface area contributed by atoms with Crippen LogP contribution in [0.1, 0.15) is 10.4 Å². The first-order valence-corrected chi connectivity index (χ1v) is 9.91. The standard InChI is InChI=1S/C22H22N6O2/c1-27-19(21-23-17-4-2-3-5-18(17)24-21)14-20(26-27)25-22(29)15-6-8-16(9-7-15)28-10-12-30-13-11-28/h2-9,14H,10-13H2,1H3,(H,23,24)(H,25,26,29). The Labute approximate surface area is 173 Å². The Morgan fingerprint density at radius 3 is 2.63 bits per heavy atom. The Bertz CT molecular complexity index is 1160. The Morgan fingerprint density at radius 2 is 1.87 bits per heavy atom. The van der Waals surface area contributed by atoms with E-state index in [1.54, 1.807) is 4.68 Å². The number of hydrogen-bond acceptors (Lipinski definition) is 5. The Morgan fingerprint density at radius 1 is 1.10 bits per heavy atom. The number of H-pyrrole nitrogens is 1. The van der Waals surface area contributed by atoms with Gasteiger partial charge in [0.25, 0.3) is 5.91 Å². The monoisotopic (exact) mass is 402 g/mol. The molecular formula is C22H22N6O2. The van der Waals surface area contributed by atoms with Crippen LogP contribution in [0.5, 0.6) is 0 Å². The summed E-state index contributed by atoms with van der Waals surface area (Å²) in [6.07, 6.45) is 0. The van der Waals surface area contributed by atoms with Crippen molar-refractivity contribution in [2.24, 2.45) is 7.05 Å². The number of benzene rings is 2. The number of carbonyl (C=O) groups excluding carboxylic acids is 1. The normalized spacial score (nSPS) is 14.2. The molecule has 2 aromatic heterocycles. The maximum absolute atomic E-state index is 12.7. The number of aromatic nitrogens is 4. The number of amides is 1. The zero-order valence-electron chi connectivity index (χ0n) is 16.6. The minimum atomic E-state index is -0.196. The van der Waals surface area contributed by atoms with Crippen molar-refractivity contribution in [3.63, 3.8) is 0 Å². The molecule has 1 saturated heterocycles. The van der Waals surface area contributed by atoms with E-state index in [0.29, 0.717) is 17.2 Å². The molecule has 5 rings (SSSR count). The molecule has 30 heavy (non-hydrogen) atoms. The molecule has 2 N–H and O–H groups in total. The molecule has 0 radical (unpaired) electrons. The molecule has 0 aliphatic carbocycles. The number of anilines is 2. The lowest BCUT2D eigenvalue weighted by atomic mass is 10.1. The van der Waals surface area contributed by atoms with Crippen molar-refractivity contribution >= 4 is 28.4 Å². The number of hydrogen-bond donors (Lipinski definition) is 2. The number of morpholine rings is 1. The van der Waals surface area contributed by atoms with Gasteiger partial charge in [0.1, 0.15) is 5.69 Å². The largest absolute Gasteiger partial charge is 0.378 e. The van der Waals surface area contributed by atoms with Crippen molar-refractivity contribution < 1.29 is 9.53 Å². The highest BCUT2D eigenvalue weighted by atomic mass is 16.5. The molecule has 0 unspecified atom stereocenters. The molecule has 4 aromatic rings. The summed E-state index contributed by atoms with van der Waals surface area (Å²) in [6, 6.07) is 17.3. The second kappa shape index (κ2) is 7.64. The molecule has 0 saturated carbocycles. The fourth-order valence-corrected chi connectivity index (χ4v) is 3.66. The van der Waals surface area contributed by atoms with Gasteiger partial charge in [-0.15, -0.1) is 0 Å². The van der Waals surface area contributed by atoms with Gasteiger partial charge in [0.05, 0.1) is 24.2 Å². The minimum Gasteiger partial charge on any atom is -0.378 e. The van der Waals surface area contributed by atoms with Gasteiger partial charge in [-0.2, -0.15) is 5.10 Å². The van der Waals surface area contributed by atoms with E-state index in [9.17, 15) is 4.79 Å². The first-order valence-electron chi connectivity index (χ1n) is 9.91. The third-order valence-electron chi connectivity index (χ3n) is 5.26. The van der Waals surface area contributed by atoms with Crippen LogP contribution in [0.2, 0.25) is 0 Å². The van der Waals surface area contributed by atoms with E-state index < -0.39 is 0 Å². The summed E-state index contributed by atoms with van der Waals surface area (Å²) < 4.78 is 7.09. The number of nitrogens with one attached hydrogen (secondary N) is 2. The predicted octanol–water partition coefficient (Wildman–Crippen LogP) is 3.05. The molecule has 1 aliphatic heterocycles. The van der Waals surface area contributed by atoms with Crippen molar-refractivity contribution in [2.75, 3.05) is 36.5 Å². The van der Waals surface area contributed by atoms with Gasteiger partial charge in [-0.1, -0.05) is 12.1 Å². The summed E-state index contributed by atoms with van der Waals surface area (Å²) in [7, 11) is 1.83. The molecule has 1 aliphatic rings. The van der Waals surface area contributed by atoms with Crippen LogP contribution in [0.25, 0.3) is 22.6 Å². The highest BCUT2D eigenvalue weighted by molar-refractivity contribution is 6.04.